The van der Waals surface area contributed by atoms with Crippen LogP contribution in [0.4, 0.5) is 0 Å². The third-order valence-corrected chi connectivity index (χ3v) is 2.54. The average molecular weight is 241 g/mol. The summed E-state index contributed by atoms with van der Waals surface area (Å²) in [5, 5.41) is 7.78. The van der Waals surface area contributed by atoms with E-state index in [-0.39, 0.29) is 5.84 Å². The van der Waals surface area contributed by atoms with Gasteiger partial charge in [0.1, 0.15) is 11.6 Å². The summed E-state index contributed by atoms with van der Waals surface area (Å²) < 4.78 is 5.53. The van der Waals surface area contributed by atoms with E-state index in [0.29, 0.717) is 22.9 Å². The normalized spacial score (nSPS) is 10.1. The summed E-state index contributed by atoms with van der Waals surface area (Å²) in [5.74, 6) is 0.669. The fourth-order valence-electron chi connectivity index (χ4n) is 1.32. The second-order valence-corrected chi connectivity index (χ2v) is 4.02. The van der Waals surface area contributed by atoms with E-state index in [1.54, 1.807) is 18.2 Å². The lowest BCUT2D eigenvalue weighted by Crippen LogP contribution is -2.10. The summed E-state index contributed by atoms with van der Waals surface area (Å²) in [6.45, 7) is 2.82. The van der Waals surface area contributed by atoms with Crippen LogP contribution >= 0.6 is 11.6 Å². The maximum Gasteiger partial charge on any atom is 0.137 e. The van der Waals surface area contributed by atoms with Gasteiger partial charge in [0.05, 0.1) is 11.6 Å². The molecule has 0 aliphatic rings. The Labute approximate surface area is 101 Å². The van der Waals surface area contributed by atoms with E-state index in [4.69, 9.17) is 27.5 Å². The highest BCUT2D eigenvalue weighted by Crippen LogP contribution is 2.25. The molecule has 0 bridgehead atoms. The summed E-state index contributed by atoms with van der Waals surface area (Å²) in [5.41, 5.74) is 5.97. The standard InChI is InChI=1S/C12H17ClN2O/c1-2-3-4-7-16-11-6-5-9(12(14)15)8-10(11)13/h5-6,8H,2-4,7H2,1H3,(H3,14,15). The van der Waals surface area contributed by atoms with Crippen LogP contribution in [0.3, 0.4) is 0 Å². The number of amidine groups is 1. The summed E-state index contributed by atoms with van der Waals surface area (Å²) in [4.78, 5) is 0. The predicted molar refractivity (Wildman–Crippen MR) is 67.5 cm³/mol. The van der Waals surface area contributed by atoms with Crippen molar-refractivity contribution < 1.29 is 4.74 Å². The van der Waals surface area contributed by atoms with Crippen molar-refractivity contribution in [2.75, 3.05) is 6.61 Å². The molecule has 0 aliphatic carbocycles. The van der Waals surface area contributed by atoms with E-state index in [9.17, 15) is 0 Å². The maximum atomic E-state index is 7.27. The number of ether oxygens (including phenoxy) is 1. The Balaban J connectivity index is 2.57. The van der Waals surface area contributed by atoms with E-state index >= 15 is 0 Å². The van der Waals surface area contributed by atoms with Crippen molar-refractivity contribution in [1.29, 1.82) is 5.41 Å². The van der Waals surface area contributed by atoms with E-state index in [1.165, 1.54) is 6.42 Å². The van der Waals surface area contributed by atoms with Crippen LogP contribution in [-0.4, -0.2) is 12.4 Å². The molecule has 1 aromatic rings. The topological polar surface area (TPSA) is 59.1 Å². The second kappa shape index (κ2) is 6.38. The van der Waals surface area contributed by atoms with Gasteiger partial charge in [0, 0.05) is 5.56 Å². The molecule has 3 nitrogen and oxygen atoms in total. The van der Waals surface area contributed by atoms with Gasteiger partial charge in [0.2, 0.25) is 0 Å². The first-order valence-corrected chi connectivity index (χ1v) is 5.79. The lowest BCUT2D eigenvalue weighted by Gasteiger charge is -2.08. The van der Waals surface area contributed by atoms with Crippen LogP contribution in [0.5, 0.6) is 5.75 Å². The van der Waals surface area contributed by atoms with Crippen LogP contribution in [-0.2, 0) is 0 Å². The van der Waals surface area contributed by atoms with Crippen molar-refractivity contribution in [3.05, 3.63) is 28.8 Å². The van der Waals surface area contributed by atoms with Gasteiger partial charge >= 0.3 is 0 Å². The monoisotopic (exact) mass is 240 g/mol. The average Bonchev–Trinajstić information content (AvgIpc) is 2.26. The summed E-state index contributed by atoms with van der Waals surface area (Å²) in [6.07, 6.45) is 3.35. The second-order valence-electron chi connectivity index (χ2n) is 3.61. The molecule has 0 saturated heterocycles. The molecule has 0 fully saturated rings. The fraction of sp³-hybridized carbons (Fsp3) is 0.417. The van der Waals surface area contributed by atoms with Gasteiger partial charge in [0.15, 0.2) is 0 Å². The Kier molecular flexibility index (Phi) is 5.12. The molecule has 0 aliphatic heterocycles. The zero-order valence-electron chi connectivity index (χ0n) is 9.42. The molecule has 88 valence electrons. The number of rotatable bonds is 6. The molecular formula is C12H17ClN2O. The summed E-state index contributed by atoms with van der Waals surface area (Å²) >= 11 is 6.01. The number of halogens is 1. The zero-order valence-corrected chi connectivity index (χ0v) is 10.2. The number of nitrogens with two attached hydrogens (primary N) is 1. The minimum absolute atomic E-state index is 0.0134. The van der Waals surface area contributed by atoms with Crippen molar-refractivity contribution in [2.45, 2.75) is 26.2 Å². The van der Waals surface area contributed by atoms with Crippen molar-refractivity contribution >= 4 is 17.4 Å². The van der Waals surface area contributed by atoms with Gasteiger partial charge in [-0.2, -0.15) is 0 Å². The predicted octanol–water partition coefficient (Wildman–Crippen LogP) is 3.19. The molecule has 1 aromatic carbocycles. The number of hydrogen-bond donors (Lipinski definition) is 2. The molecule has 0 amide bonds. The number of hydrogen-bond acceptors (Lipinski definition) is 2. The van der Waals surface area contributed by atoms with Gasteiger partial charge in [-0.15, -0.1) is 0 Å². The molecule has 4 heteroatoms. The largest absolute Gasteiger partial charge is 0.492 e. The molecule has 1 rings (SSSR count). The number of nitrogen functional groups attached to an aromatic ring is 1. The van der Waals surface area contributed by atoms with Gasteiger partial charge in [-0.1, -0.05) is 31.4 Å². The molecular weight excluding hydrogens is 224 g/mol. The van der Waals surface area contributed by atoms with Crippen LogP contribution in [0.1, 0.15) is 31.7 Å². The zero-order chi connectivity index (χ0) is 12.0. The molecule has 0 aromatic heterocycles. The molecule has 0 unspecified atom stereocenters. The van der Waals surface area contributed by atoms with E-state index in [2.05, 4.69) is 6.92 Å². The molecule has 3 N–H and O–H groups in total. The molecule has 0 radical (unpaired) electrons. The summed E-state index contributed by atoms with van der Waals surface area (Å²) in [7, 11) is 0. The minimum Gasteiger partial charge on any atom is -0.492 e. The van der Waals surface area contributed by atoms with E-state index in [0.717, 1.165) is 12.8 Å². The number of benzene rings is 1. The third kappa shape index (κ3) is 3.74. The minimum atomic E-state index is 0.0134. The van der Waals surface area contributed by atoms with Crippen LogP contribution < -0.4 is 10.5 Å². The highest BCUT2D eigenvalue weighted by Gasteiger charge is 2.04. The van der Waals surface area contributed by atoms with Gasteiger partial charge < -0.3 is 10.5 Å². The van der Waals surface area contributed by atoms with E-state index < -0.39 is 0 Å². The van der Waals surface area contributed by atoms with Crippen molar-refractivity contribution in [2.24, 2.45) is 5.73 Å². The fourth-order valence-corrected chi connectivity index (χ4v) is 1.55. The molecule has 0 atom stereocenters. The first kappa shape index (κ1) is 12.8. The van der Waals surface area contributed by atoms with E-state index in [1.807, 2.05) is 0 Å². The lowest BCUT2D eigenvalue weighted by atomic mass is 10.2. The van der Waals surface area contributed by atoms with Crippen molar-refractivity contribution in [3.63, 3.8) is 0 Å². The van der Waals surface area contributed by atoms with Crippen molar-refractivity contribution in [3.8, 4) is 5.75 Å². The number of nitrogens with one attached hydrogen (secondary N) is 1. The molecule has 0 spiro atoms. The SMILES string of the molecule is CCCCCOc1ccc(C(=N)N)cc1Cl. The Hall–Kier alpha value is -1.22. The maximum absolute atomic E-state index is 7.27. The highest BCUT2D eigenvalue weighted by molar-refractivity contribution is 6.32. The van der Waals surface area contributed by atoms with Gasteiger partial charge in [-0.05, 0) is 24.6 Å². The van der Waals surface area contributed by atoms with Gasteiger partial charge in [-0.3, -0.25) is 5.41 Å². The first-order valence-electron chi connectivity index (χ1n) is 5.42. The quantitative estimate of drug-likeness (QED) is 0.456. The van der Waals surface area contributed by atoms with Crippen molar-refractivity contribution in [1.82, 2.24) is 0 Å². The molecule has 0 saturated carbocycles. The Morgan fingerprint density at radius 3 is 2.75 bits per heavy atom. The Morgan fingerprint density at radius 2 is 2.19 bits per heavy atom. The Morgan fingerprint density at radius 1 is 1.44 bits per heavy atom. The van der Waals surface area contributed by atoms with Crippen LogP contribution in [0.25, 0.3) is 0 Å². The summed E-state index contributed by atoms with van der Waals surface area (Å²) in [6, 6.07) is 5.15. The highest BCUT2D eigenvalue weighted by atomic mass is 35.5. The third-order valence-electron chi connectivity index (χ3n) is 2.25. The van der Waals surface area contributed by atoms with Crippen LogP contribution in [0, 0.1) is 5.41 Å². The smallest absolute Gasteiger partial charge is 0.137 e. The lowest BCUT2D eigenvalue weighted by molar-refractivity contribution is 0.306. The number of unbranched alkanes of at least 4 members (excludes halogenated alkanes) is 2. The van der Waals surface area contributed by atoms with Gasteiger partial charge in [0.25, 0.3) is 0 Å². The molecule has 16 heavy (non-hydrogen) atoms. The van der Waals surface area contributed by atoms with Crippen LogP contribution in [0.2, 0.25) is 5.02 Å². The van der Waals surface area contributed by atoms with Crippen LogP contribution in [0.15, 0.2) is 18.2 Å². The Bertz CT molecular complexity index is 366. The van der Waals surface area contributed by atoms with Gasteiger partial charge in [-0.25, -0.2) is 0 Å². The first-order chi connectivity index (χ1) is 7.65. The molecule has 0 heterocycles.